The Hall–Kier alpha value is -6.72. The van der Waals surface area contributed by atoms with Crippen LogP contribution in [-0.4, -0.2) is 115 Å². The Morgan fingerprint density at radius 1 is 0.821 bits per heavy atom. The van der Waals surface area contributed by atoms with Crippen molar-refractivity contribution < 1.29 is 43.7 Å². The van der Waals surface area contributed by atoms with Gasteiger partial charge in [0.1, 0.15) is 12.3 Å². The molecule has 2 aliphatic heterocycles. The third-order valence-corrected chi connectivity index (χ3v) is 12.0. The molecule has 2 bridgehead atoms. The number of benzene rings is 4. The summed E-state index contributed by atoms with van der Waals surface area (Å²) in [5.74, 6) is -3.16. The lowest BCUT2D eigenvalue weighted by molar-refractivity contribution is -0.141. The number of aliphatic carboxylic acids is 1. The average molecular weight is 916 g/mol. The number of hydrogen-bond acceptors (Lipinski definition) is 10. The normalized spacial score (nSPS) is 21.6. The molecule has 0 radical (unpaired) electrons. The zero-order chi connectivity index (χ0) is 47.6. The number of ether oxygens (including phenoxy) is 1. The second-order valence-electron chi connectivity index (χ2n) is 17.0. The van der Waals surface area contributed by atoms with Crippen molar-refractivity contribution in [2.45, 2.75) is 69.8 Å². The Bertz CT molecular complexity index is 2340. The number of carbonyl (C=O) groups is 6. The predicted octanol–water partition coefficient (Wildman–Crippen LogP) is 2.16. The van der Waals surface area contributed by atoms with Crippen LogP contribution in [0, 0.1) is 5.41 Å². The van der Waals surface area contributed by atoms with Crippen molar-refractivity contribution in [2.75, 3.05) is 45.9 Å². The van der Waals surface area contributed by atoms with E-state index in [-0.39, 0.29) is 64.4 Å². The number of aliphatic hydroxyl groups excluding tert-OH is 1. The summed E-state index contributed by atoms with van der Waals surface area (Å²) in [4.78, 5) is 82.3. The van der Waals surface area contributed by atoms with Crippen molar-refractivity contribution in [3.63, 3.8) is 0 Å². The summed E-state index contributed by atoms with van der Waals surface area (Å²) in [6, 6.07) is 29.7. The highest BCUT2D eigenvalue weighted by atomic mass is 16.5. The fraction of sp³-hybridized carbons (Fsp3) is 0.373. The lowest BCUT2D eigenvalue weighted by atomic mass is 9.74. The van der Waals surface area contributed by atoms with Crippen LogP contribution in [0.1, 0.15) is 47.1 Å². The SMILES string of the molecule is NCCOCCNC(=O)[C@@H]1CCNC(=O)/C=C/C(=O)N2CCC[C@](Cc3ccccc3)(C2)C(=O)N[C@@H](Cc2ccc(-c3ccc(CC(=O)O)cc3)cc2)C(=O)NCc2ccccc2CC(O)N1. The molecule has 5 amide bonds. The highest BCUT2D eigenvalue weighted by Gasteiger charge is 2.44. The number of rotatable bonds is 13. The van der Waals surface area contributed by atoms with Crippen molar-refractivity contribution in [1.82, 2.24) is 31.5 Å². The van der Waals surface area contributed by atoms with Gasteiger partial charge in [0, 0.05) is 64.3 Å². The van der Waals surface area contributed by atoms with Gasteiger partial charge in [0.2, 0.25) is 29.5 Å². The summed E-state index contributed by atoms with van der Waals surface area (Å²) < 4.78 is 5.38. The van der Waals surface area contributed by atoms with E-state index in [0.29, 0.717) is 55.6 Å². The number of piperidine rings is 1. The number of hydrogen-bond donors (Lipinski definition) is 8. The third-order valence-electron chi connectivity index (χ3n) is 12.0. The van der Waals surface area contributed by atoms with Gasteiger partial charge in [-0.3, -0.25) is 34.1 Å². The second kappa shape index (κ2) is 24.7. The average Bonchev–Trinajstić information content (AvgIpc) is 3.32. The van der Waals surface area contributed by atoms with Gasteiger partial charge in [-0.15, -0.1) is 0 Å². The number of amides is 5. The molecule has 4 atom stereocenters. The fourth-order valence-corrected chi connectivity index (χ4v) is 8.53. The first-order valence-corrected chi connectivity index (χ1v) is 22.8. The van der Waals surface area contributed by atoms with E-state index in [2.05, 4.69) is 26.6 Å². The monoisotopic (exact) mass is 915 g/mol. The Kier molecular flexibility index (Phi) is 18.3. The van der Waals surface area contributed by atoms with Gasteiger partial charge >= 0.3 is 5.97 Å². The van der Waals surface area contributed by atoms with Gasteiger partial charge in [-0.1, -0.05) is 103 Å². The molecule has 4 aromatic rings. The molecule has 354 valence electrons. The summed E-state index contributed by atoms with van der Waals surface area (Å²) >= 11 is 0. The number of fused-ring (bicyclic) bond motifs is 3. The highest BCUT2D eigenvalue weighted by molar-refractivity contribution is 5.97. The molecule has 4 aromatic carbocycles. The number of carbonyl (C=O) groups excluding carboxylic acids is 5. The number of nitrogens with zero attached hydrogens (tertiary/aromatic N) is 1. The molecule has 16 heteroatoms. The zero-order valence-corrected chi connectivity index (χ0v) is 37.6. The van der Waals surface area contributed by atoms with Gasteiger partial charge < -0.3 is 46.9 Å². The number of aliphatic hydroxyl groups is 1. The molecule has 0 aliphatic carbocycles. The van der Waals surface area contributed by atoms with Crippen LogP contribution < -0.4 is 32.3 Å². The third kappa shape index (κ3) is 14.9. The first-order chi connectivity index (χ1) is 32.4. The molecule has 0 aromatic heterocycles. The maximum absolute atomic E-state index is 14.9. The first kappa shape index (κ1) is 49.7. The summed E-state index contributed by atoms with van der Waals surface area (Å²) in [6.45, 7) is 1.62. The zero-order valence-electron chi connectivity index (χ0n) is 37.6. The minimum atomic E-state index is -1.21. The molecule has 0 spiro atoms. The number of carboxylic acid groups (broad SMARTS) is 1. The minimum Gasteiger partial charge on any atom is -0.481 e. The van der Waals surface area contributed by atoms with Crippen LogP contribution in [0.15, 0.2) is 115 Å². The van der Waals surface area contributed by atoms with E-state index in [9.17, 15) is 39.0 Å². The molecule has 1 fully saturated rings. The van der Waals surface area contributed by atoms with Gasteiger partial charge in [-0.25, -0.2) is 0 Å². The van der Waals surface area contributed by atoms with E-state index in [4.69, 9.17) is 10.5 Å². The lowest BCUT2D eigenvalue weighted by Gasteiger charge is -2.42. The van der Waals surface area contributed by atoms with E-state index >= 15 is 0 Å². The Labute approximate surface area is 390 Å². The van der Waals surface area contributed by atoms with Crippen molar-refractivity contribution >= 4 is 35.5 Å². The molecule has 6 rings (SSSR count). The maximum atomic E-state index is 14.9. The first-order valence-electron chi connectivity index (χ1n) is 22.8. The predicted molar refractivity (Wildman–Crippen MR) is 252 cm³/mol. The molecule has 1 saturated heterocycles. The summed E-state index contributed by atoms with van der Waals surface area (Å²) in [6.07, 6.45) is 2.55. The van der Waals surface area contributed by atoms with E-state index in [1.807, 2.05) is 91.0 Å². The fourth-order valence-electron chi connectivity index (χ4n) is 8.53. The summed E-state index contributed by atoms with van der Waals surface area (Å²) in [7, 11) is 0. The summed E-state index contributed by atoms with van der Waals surface area (Å²) in [5, 5.41) is 35.2. The topological polar surface area (TPSA) is 242 Å². The number of nitrogens with two attached hydrogens (primary N) is 1. The van der Waals surface area contributed by atoms with Gasteiger partial charge in [-0.2, -0.15) is 0 Å². The van der Waals surface area contributed by atoms with E-state index in [1.54, 1.807) is 17.0 Å². The van der Waals surface area contributed by atoms with E-state index < -0.39 is 53.3 Å². The minimum absolute atomic E-state index is 0.0425. The van der Waals surface area contributed by atoms with Gasteiger partial charge in [0.25, 0.3) is 0 Å². The van der Waals surface area contributed by atoms with Crippen molar-refractivity contribution in [3.8, 4) is 11.1 Å². The Morgan fingerprint density at radius 3 is 2.21 bits per heavy atom. The standard InChI is InChI=1S/C51H61N7O9/c52-23-27-67-28-25-54-48(64)42-21-24-53-44(59)19-20-46(61)58-26-6-22-51(34-58,32-37-7-2-1-3-8-37)50(66)57-43(49(65)55-33-41-10-5-4-9-40(41)31-45(60)56-42)29-35-11-15-38(16-12-35)39-17-13-36(14-18-39)30-47(62)63/h1-5,7-20,42-43,45,56,60H,6,21-34,52H2,(H,53,59)(H,54,64)(H,55,65)(H,57,66)(H,62,63)/b20-19+/t42-,43-,45?,51-/m0/s1. The molecule has 16 nitrogen and oxygen atoms in total. The molecule has 2 aliphatic rings. The van der Waals surface area contributed by atoms with Gasteiger partial charge in [0.15, 0.2) is 0 Å². The van der Waals surface area contributed by atoms with Crippen LogP contribution in [0.5, 0.6) is 0 Å². The molecular formula is C51H61N7O9. The van der Waals surface area contributed by atoms with Crippen molar-refractivity contribution in [2.24, 2.45) is 11.1 Å². The van der Waals surface area contributed by atoms with Crippen LogP contribution >= 0.6 is 0 Å². The number of nitrogens with one attached hydrogen (secondary N) is 5. The molecular weight excluding hydrogens is 855 g/mol. The smallest absolute Gasteiger partial charge is 0.307 e. The lowest BCUT2D eigenvalue weighted by Crippen LogP contribution is -2.58. The highest BCUT2D eigenvalue weighted by Crippen LogP contribution is 2.35. The molecule has 67 heavy (non-hydrogen) atoms. The maximum Gasteiger partial charge on any atom is 0.307 e. The molecule has 0 saturated carbocycles. The quantitative estimate of drug-likeness (QED) is 0.0905. The summed E-state index contributed by atoms with van der Waals surface area (Å²) in [5.41, 5.74) is 9.90. The van der Waals surface area contributed by atoms with Crippen molar-refractivity contribution in [3.05, 3.63) is 143 Å². The molecule has 2 heterocycles. The van der Waals surface area contributed by atoms with E-state index in [0.717, 1.165) is 28.3 Å². The van der Waals surface area contributed by atoms with Gasteiger partial charge in [-0.05, 0) is 64.6 Å². The van der Waals surface area contributed by atoms with Crippen molar-refractivity contribution in [1.29, 1.82) is 0 Å². The Morgan fingerprint density at radius 2 is 1.51 bits per heavy atom. The van der Waals surface area contributed by atoms with E-state index in [1.165, 1.54) is 6.08 Å². The van der Waals surface area contributed by atoms with Crippen LogP contribution in [0.3, 0.4) is 0 Å². The largest absolute Gasteiger partial charge is 0.481 e. The van der Waals surface area contributed by atoms with Crippen LogP contribution in [0.4, 0.5) is 0 Å². The van der Waals surface area contributed by atoms with Gasteiger partial charge in [0.05, 0.1) is 31.1 Å². The second-order valence-corrected chi connectivity index (χ2v) is 17.0. The molecule has 9 N–H and O–H groups in total. The Balaban J connectivity index is 1.30. The van der Waals surface area contributed by atoms with Crippen LogP contribution in [0.2, 0.25) is 0 Å². The van der Waals surface area contributed by atoms with Crippen LogP contribution in [0.25, 0.3) is 11.1 Å². The van der Waals surface area contributed by atoms with Crippen LogP contribution in [-0.2, 0) is 65.7 Å². The number of carboxylic acids is 1. The molecule has 1 unspecified atom stereocenters.